The third kappa shape index (κ3) is 3.09. The van der Waals surface area contributed by atoms with Crippen molar-refractivity contribution in [2.24, 2.45) is 0 Å². The number of amides is 1. The predicted molar refractivity (Wildman–Crippen MR) is 75.0 cm³/mol. The monoisotopic (exact) mass is 278 g/mol. The normalized spacial score (nSPS) is 10.4. The molecule has 2 rings (SSSR count). The Labute approximate surface area is 116 Å². The molecule has 0 atom stereocenters. The summed E-state index contributed by atoms with van der Waals surface area (Å²) in [6.07, 6.45) is 1.59. The van der Waals surface area contributed by atoms with E-state index in [-0.39, 0.29) is 5.91 Å². The highest BCUT2D eigenvalue weighted by Crippen LogP contribution is 2.21. The minimum absolute atomic E-state index is 0.0951. The zero-order valence-electron chi connectivity index (χ0n) is 10.6. The Morgan fingerprint density at radius 2 is 2.21 bits per heavy atom. The van der Waals surface area contributed by atoms with Crippen molar-refractivity contribution in [2.75, 3.05) is 12.3 Å². The minimum atomic E-state index is -0.0951. The van der Waals surface area contributed by atoms with Crippen molar-refractivity contribution >= 4 is 23.2 Å². The summed E-state index contributed by atoms with van der Waals surface area (Å²) in [5.41, 5.74) is 6.64. The van der Waals surface area contributed by atoms with E-state index in [4.69, 9.17) is 21.8 Å². The smallest absolute Gasteiger partial charge is 0.254 e. The number of nitrogens with two attached hydrogens (primary N) is 1. The molecule has 0 unspecified atom stereocenters. The Kier molecular flexibility index (Phi) is 4.12. The summed E-state index contributed by atoms with van der Waals surface area (Å²) in [7, 11) is 0. The first-order valence-electron chi connectivity index (χ1n) is 5.98. The highest BCUT2D eigenvalue weighted by molar-refractivity contribution is 6.33. The highest BCUT2D eigenvalue weighted by atomic mass is 35.5. The van der Waals surface area contributed by atoms with E-state index in [1.807, 2.05) is 13.0 Å². The lowest BCUT2D eigenvalue weighted by molar-refractivity contribution is 0.0741. The van der Waals surface area contributed by atoms with Gasteiger partial charge in [0.25, 0.3) is 5.91 Å². The van der Waals surface area contributed by atoms with Crippen LogP contribution < -0.4 is 5.73 Å². The third-order valence-corrected chi connectivity index (χ3v) is 3.18. The SMILES string of the molecule is CCN(Cc1ccco1)C(=O)c1ccc(Cl)c(N)c1. The Hall–Kier alpha value is -1.94. The maximum atomic E-state index is 12.4. The fourth-order valence-corrected chi connectivity index (χ4v) is 1.89. The van der Waals surface area contributed by atoms with Crippen LogP contribution in [0.4, 0.5) is 5.69 Å². The largest absolute Gasteiger partial charge is 0.467 e. The Morgan fingerprint density at radius 1 is 1.42 bits per heavy atom. The summed E-state index contributed by atoms with van der Waals surface area (Å²) in [5, 5.41) is 0.450. The molecule has 0 fully saturated rings. The average Bonchev–Trinajstić information content (AvgIpc) is 2.91. The number of nitrogens with zero attached hydrogens (tertiary/aromatic N) is 1. The number of furan rings is 1. The molecule has 1 amide bonds. The van der Waals surface area contributed by atoms with E-state index in [9.17, 15) is 4.79 Å². The van der Waals surface area contributed by atoms with E-state index in [1.54, 1.807) is 35.4 Å². The van der Waals surface area contributed by atoms with E-state index in [0.29, 0.717) is 29.4 Å². The molecule has 0 spiro atoms. The molecule has 4 nitrogen and oxygen atoms in total. The maximum absolute atomic E-state index is 12.4. The second-order valence-electron chi connectivity index (χ2n) is 4.13. The molecule has 0 saturated heterocycles. The van der Waals surface area contributed by atoms with Gasteiger partial charge in [0.15, 0.2) is 0 Å². The lowest BCUT2D eigenvalue weighted by Gasteiger charge is -2.20. The van der Waals surface area contributed by atoms with Crippen LogP contribution in [0.25, 0.3) is 0 Å². The number of carbonyl (C=O) groups excluding carboxylic acids is 1. The maximum Gasteiger partial charge on any atom is 0.254 e. The van der Waals surface area contributed by atoms with Crippen LogP contribution in [0, 0.1) is 0 Å². The van der Waals surface area contributed by atoms with Crippen molar-refractivity contribution in [3.05, 3.63) is 52.9 Å². The van der Waals surface area contributed by atoms with Crippen LogP contribution in [0.5, 0.6) is 0 Å². The molecule has 0 aliphatic rings. The van der Waals surface area contributed by atoms with Crippen molar-refractivity contribution in [3.8, 4) is 0 Å². The van der Waals surface area contributed by atoms with Crippen LogP contribution >= 0.6 is 11.6 Å². The van der Waals surface area contributed by atoms with Crippen LogP contribution in [-0.2, 0) is 6.54 Å². The van der Waals surface area contributed by atoms with Gasteiger partial charge < -0.3 is 15.1 Å². The molecule has 2 aromatic rings. The fraction of sp³-hybridized carbons (Fsp3) is 0.214. The van der Waals surface area contributed by atoms with E-state index >= 15 is 0 Å². The molecule has 5 heteroatoms. The van der Waals surface area contributed by atoms with Crippen molar-refractivity contribution in [1.82, 2.24) is 4.90 Å². The van der Waals surface area contributed by atoms with Crippen LogP contribution in [0.1, 0.15) is 23.0 Å². The van der Waals surface area contributed by atoms with Gasteiger partial charge in [-0.3, -0.25) is 4.79 Å². The predicted octanol–water partition coefficient (Wildman–Crippen LogP) is 3.18. The quantitative estimate of drug-likeness (QED) is 0.874. The third-order valence-electron chi connectivity index (χ3n) is 2.84. The highest BCUT2D eigenvalue weighted by Gasteiger charge is 2.16. The van der Waals surface area contributed by atoms with Gasteiger partial charge in [-0.15, -0.1) is 0 Å². The first kappa shape index (κ1) is 13.5. The molecule has 100 valence electrons. The number of rotatable bonds is 4. The fourth-order valence-electron chi connectivity index (χ4n) is 1.78. The standard InChI is InChI=1S/C14H15ClN2O2/c1-2-17(9-11-4-3-7-19-11)14(18)10-5-6-12(15)13(16)8-10/h3-8H,2,9,16H2,1H3. The van der Waals surface area contributed by atoms with Crippen LogP contribution in [0.2, 0.25) is 5.02 Å². The molecule has 0 aliphatic carbocycles. The van der Waals surface area contributed by atoms with Gasteiger partial charge in [0.05, 0.1) is 23.5 Å². The second-order valence-corrected chi connectivity index (χ2v) is 4.54. The summed E-state index contributed by atoms with van der Waals surface area (Å²) in [6, 6.07) is 8.53. The van der Waals surface area contributed by atoms with Crippen LogP contribution in [0.3, 0.4) is 0 Å². The van der Waals surface area contributed by atoms with E-state index in [2.05, 4.69) is 0 Å². The van der Waals surface area contributed by atoms with Crippen molar-refractivity contribution < 1.29 is 9.21 Å². The van der Waals surface area contributed by atoms with Gasteiger partial charge in [0.2, 0.25) is 0 Å². The zero-order valence-corrected chi connectivity index (χ0v) is 11.4. The van der Waals surface area contributed by atoms with Crippen molar-refractivity contribution in [1.29, 1.82) is 0 Å². The minimum Gasteiger partial charge on any atom is -0.467 e. The summed E-state index contributed by atoms with van der Waals surface area (Å²) in [5.74, 6) is 0.652. The second kappa shape index (κ2) is 5.80. The van der Waals surface area contributed by atoms with Gasteiger partial charge in [-0.2, -0.15) is 0 Å². The Morgan fingerprint density at radius 3 is 2.79 bits per heavy atom. The van der Waals surface area contributed by atoms with Gasteiger partial charge in [0, 0.05) is 12.1 Å². The number of nitrogen functional groups attached to an aromatic ring is 1. The first-order valence-corrected chi connectivity index (χ1v) is 6.36. The summed E-state index contributed by atoms with van der Waals surface area (Å²) in [6.45, 7) is 2.94. The number of anilines is 1. The number of carbonyl (C=O) groups is 1. The molecule has 0 saturated carbocycles. The number of hydrogen-bond acceptors (Lipinski definition) is 3. The van der Waals surface area contributed by atoms with Crippen molar-refractivity contribution in [2.45, 2.75) is 13.5 Å². The molecular weight excluding hydrogens is 264 g/mol. The van der Waals surface area contributed by atoms with Crippen LogP contribution in [-0.4, -0.2) is 17.4 Å². The number of halogens is 1. The summed E-state index contributed by atoms with van der Waals surface area (Å²) >= 11 is 5.85. The average molecular weight is 279 g/mol. The van der Waals surface area contributed by atoms with Gasteiger partial charge in [-0.25, -0.2) is 0 Å². The van der Waals surface area contributed by atoms with Gasteiger partial charge in [-0.1, -0.05) is 11.6 Å². The van der Waals surface area contributed by atoms with E-state index < -0.39 is 0 Å². The van der Waals surface area contributed by atoms with Gasteiger partial charge in [0.1, 0.15) is 5.76 Å². The lowest BCUT2D eigenvalue weighted by atomic mass is 10.1. The summed E-state index contributed by atoms with van der Waals surface area (Å²) in [4.78, 5) is 14.0. The van der Waals surface area contributed by atoms with E-state index in [1.165, 1.54) is 0 Å². The topological polar surface area (TPSA) is 59.5 Å². The number of hydrogen-bond donors (Lipinski definition) is 1. The molecule has 1 aromatic heterocycles. The van der Waals surface area contributed by atoms with E-state index in [0.717, 1.165) is 5.76 Å². The molecule has 1 heterocycles. The Balaban J connectivity index is 2.18. The first-order chi connectivity index (χ1) is 9.11. The molecule has 0 radical (unpaired) electrons. The molecule has 1 aromatic carbocycles. The summed E-state index contributed by atoms with van der Waals surface area (Å²) < 4.78 is 5.26. The lowest BCUT2D eigenvalue weighted by Crippen LogP contribution is -2.30. The van der Waals surface area contributed by atoms with Crippen molar-refractivity contribution in [3.63, 3.8) is 0 Å². The molecule has 19 heavy (non-hydrogen) atoms. The zero-order chi connectivity index (χ0) is 13.8. The van der Waals surface area contributed by atoms with Crippen LogP contribution in [0.15, 0.2) is 41.0 Å². The van der Waals surface area contributed by atoms with Gasteiger partial charge in [-0.05, 0) is 37.3 Å². The molecular formula is C14H15ClN2O2. The molecule has 2 N–H and O–H groups in total. The molecule has 0 aliphatic heterocycles. The van der Waals surface area contributed by atoms with Gasteiger partial charge >= 0.3 is 0 Å². The Bertz CT molecular complexity index is 567. The number of benzene rings is 1. The molecule has 0 bridgehead atoms.